The maximum absolute atomic E-state index is 12.3. The van der Waals surface area contributed by atoms with Gasteiger partial charge in [-0.15, -0.1) is 11.3 Å². The van der Waals surface area contributed by atoms with Crippen molar-refractivity contribution in [3.8, 4) is 5.75 Å². The summed E-state index contributed by atoms with van der Waals surface area (Å²) in [4.78, 5) is 27.7. The monoisotopic (exact) mass is 354 g/mol. The summed E-state index contributed by atoms with van der Waals surface area (Å²) in [6.07, 6.45) is 0. The van der Waals surface area contributed by atoms with E-state index in [2.05, 4.69) is 10.3 Å². The van der Waals surface area contributed by atoms with E-state index in [9.17, 15) is 9.59 Å². The van der Waals surface area contributed by atoms with Crippen molar-refractivity contribution in [2.24, 2.45) is 0 Å². The van der Waals surface area contributed by atoms with Crippen molar-refractivity contribution in [3.63, 3.8) is 0 Å². The van der Waals surface area contributed by atoms with Gasteiger partial charge in [-0.05, 0) is 32.0 Å². The first kappa shape index (κ1) is 17.2. The second-order valence-corrected chi connectivity index (χ2v) is 6.27. The van der Waals surface area contributed by atoms with E-state index in [0.29, 0.717) is 27.2 Å². The van der Waals surface area contributed by atoms with E-state index in [4.69, 9.17) is 21.4 Å². The van der Waals surface area contributed by atoms with Gasteiger partial charge in [0.2, 0.25) is 5.91 Å². The lowest BCUT2D eigenvalue weighted by Gasteiger charge is -2.11. The van der Waals surface area contributed by atoms with Crippen LogP contribution in [0.3, 0.4) is 0 Å². The van der Waals surface area contributed by atoms with Crippen molar-refractivity contribution in [1.82, 2.24) is 4.98 Å². The van der Waals surface area contributed by atoms with Gasteiger partial charge in [-0.3, -0.25) is 4.79 Å². The SMILES string of the molecule is COc1ccc(NC(=O)[C@H](C)c2nc(C)c(C(=O)O)s2)cc1Cl. The normalized spacial score (nSPS) is 11.8. The number of nitrogens with zero attached hydrogens (tertiary/aromatic N) is 1. The van der Waals surface area contributed by atoms with Gasteiger partial charge >= 0.3 is 5.97 Å². The Kier molecular flexibility index (Phi) is 5.23. The van der Waals surface area contributed by atoms with Crippen LogP contribution in [0.5, 0.6) is 5.75 Å². The Balaban J connectivity index is 2.15. The lowest BCUT2D eigenvalue weighted by atomic mass is 10.1. The number of aryl methyl sites for hydroxylation is 1. The maximum atomic E-state index is 12.3. The highest BCUT2D eigenvalue weighted by Crippen LogP contribution is 2.29. The minimum atomic E-state index is -1.04. The van der Waals surface area contributed by atoms with E-state index < -0.39 is 11.9 Å². The molecule has 8 heteroatoms. The van der Waals surface area contributed by atoms with E-state index in [1.807, 2.05) is 0 Å². The number of hydrogen-bond donors (Lipinski definition) is 2. The van der Waals surface area contributed by atoms with E-state index in [1.54, 1.807) is 32.0 Å². The number of hydrogen-bond acceptors (Lipinski definition) is 5. The molecule has 0 spiro atoms. The first-order valence-corrected chi connectivity index (χ1v) is 7.88. The van der Waals surface area contributed by atoms with E-state index in [0.717, 1.165) is 11.3 Å². The summed E-state index contributed by atoms with van der Waals surface area (Å²) in [5, 5.41) is 12.6. The number of carboxylic acids is 1. The Morgan fingerprint density at radius 2 is 2.13 bits per heavy atom. The van der Waals surface area contributed by atoms with E-state index >= 15 is 0 Å². The van der Waals surface area contributed by atoms with Crippen molar-refractivity contribution in [2.45, 2.75) is 19.8 Å². The Morgan fingerprint density at radius 3 is 2.65 bits per heavy atom. The second kappa shape index (κ2) is 6.97. The van der Waals surface area contributed by atoms with Crippen LogP contribution >= 0.6 is 22.9 Å². The molecule has 23 heavy (non-hydrogen) atoms. The lowest BCUT2D eigenvalue weighted by molar-refractivity contribution is -0.117. The van der Waals surface area contributed by atoms with Gasteiger partial charge in [0.15, 0.2) is 0 Å². The molecule has 2 N–H and O–H groups in total. The fourth-order valence-electron chi connectivity index (χ4n) is 1.91. The predicted molar refractivity (Wildman–Crippen MR) is 88.9 cm³/mol. The Bertz CT molecular complexity index is 760. The molecule has 0 bridgehead atoms. The van der Waals surface area contributed by atoms with Crippen LogP contribution in [-0.2, 0) is 4.79 Å². The van der Waals surface area contributed by atoms with Gasteiger partial charge in [0.25, 0.3) is 0 Å². The molecule has 1 amide bonds. The molecule has 0 radical (unpaired) electrons. The van der Waals surface area contributed by atoms with Crippen LogP contribution in [0.2, 0.25) is 5.02 Å². The van der Waals surface area contributed by atoms with Crippen LogP contribution in [0.1, 0.15) is 33.2 Å². The highest BCUT2D eigenvalue weighted by molar-refractivity contribution is 7.13. The molecule has 122 valence electrons. The fraction of sp³-hybridized carbons (Fsp3) is 0.267. The van der Waals surface area contributed by atoms with Crippen molar-refractivity contribution < 1.29 is 19.4 Å². The van der Waals surface area contributed by atoms with Crippen LogP contribution in [0, 0.1) is 6.92 Å². The molecule has 0 aliphatic carbocycles. The number of aromatic carboxylic acids is 1. The third-order valence-corrected chi connectivity index (χ3v) is 4.81. The van der Waals surface area contributed by atoms with Crippen LogP contribution in [0.4, 0.5) is 5.69 Å². The number of aromatic nitrogens is 1. The third kappa shape index (κ3) is 3.80. The number of benzene rings is 1. The van der Waals surface area contributed by atoms with Gasteiger partial charge in [-0.1, -0.05) is 11.6 Å². The molecule has 1 aromatic heterocycles. The molecule has 2 rings (SSSR count). The number of rotatable bonds is 5. The molecule has 1 aromatic carbocycles. The largest absolute Gasteiger partial charge is 0.495 e. The molecule has 6 nitrogen and oxygen atoms in total. The number of thiazole rings is 1. The molecule has 0 saturated carbocycles. The average Bonchev–Trinajstić information content (AvgIpc) is 2.88. The van der Waals surface area contributed by atoms with Gasteiger partial charge in [-0.2, -0.15) is 0 Å². The lowest BCUT2D eigenvalue weighted by Crippen LogP contribution is -2.18. The first-order chi connectivity index (χ1) is 10.8. The average molecular weight is 355 g/mol. The number of carbonyl (C=O) groups excluding carboxylic acids is 1. The van der Waals surface area contributed by atoms with Crippen LogP contribution in [0.15, 0.2) is 18.2 Å². The molecule has 0 unspecified atom stereocenters. The summed E-state index contributed by atoms with van der Waals surface area (Å²) < 4.78 is 5.05. The molecule has 1 atom stereocenters. The van der Waals surface area contributed by atoms with Gasteiger partial charge in [-0.25, -0.2) is 9.78 Å². The fourth-order valence-corrected chi connectivity index (χ4v) is 3.12. The Labute approximate surface area is 142 Å². The van der Waals surface area contributed by atoms with E-state index in [1.165, 1.54) is 7.11 Å². The van der Waals surface area contributed by atoms with Crippen LogP contribution in [0.25, 0.3) is 0 Å². The second-order valence-electron chi connectivity index (χ2n) is 4.83. The maximum Gasteiger partial charge on any atom is 0.347 e. The number of nitrogens with one attached hydrogen (secondary N) is 1. The highest BCUT2D eigenvalue weighted by atomic mass is 35.5. The molecule has 0 aliphatic rings. The van der Waals surface area contributed by atoms with Crippen molar-refractivity contribution in [1.29, 1.82) is 0 Å². The Hall–Kier alpha value is -2.12. The molecule has 1 heterocycles. The van der Waals surface area contributed by atoms with Gasteiger partial charge < -0.3 is 15.2 Å². The smallest absolute Gasteiger partial charge is 0.347 e. The summed E-state index contributed by atoms with van der Waals surface area (Å²) in [5.74, 6) is -1.40. The number of carboxylic acid groups (broad SMARTS) is 1. The summed E-state index contributed by atoms with van der Waals surface area (Å²) in [6.45, 7) is 3.28. The predicted octanol–water partition coefficient (Wildman–Crippen LogP) is 3.55. The van der Waals surface area contributed by atoms with Crippen molar-refractivity contribution >= 4 is 40.5 Å². The van der Waals surface area contributed by atoms with Crippen molar-refractivity contribution in [3.05, 3.63) is 38.8 Å². The number of halogens is 1. The number of anilines is 1. The molecule has 0 fully saturated rings. The van der Waals surface area contributed by atoms with Gasteiger partial charge in [0.1, 0.15) is 15.6 Å². The number of amides is 1. The standard InChI is InChI=1S/C15H15ClN2O4S/c1-7(14-17-8(2)12(23-14)15(20)21)13(19)18-9-4-5-11(22-3)10(16)6-9/h4-7H,1-3H3,(H,18,19)(H,20,21)/t7-/m0/s1. The van der Waals surface area contributed by atoms with E-state index in [-0.39, 0.29) is 10.8 Å². The summed E-state index contributed by atoms with van der Waals surface area (Å²) in [7, 11) is 1.51. The minimum Gasteiger partial charge on any atom is -0.495 e. The number of carbonyl (C=O) groups is 2. The Morgan fingerprint density at radius 1 is 1.43 bits per heavy atom. The third-order valence-electron chi connectivity index (χ3n) is 3.19. The quantitative estimate of drug-likeness (QED) is 0.857. The first-order valence-electron chi connectivity index (χ1n) is 6.68. The summed E-state index contributed by atoms with van der Waals surface area (Å²) >= 11 is 7.02. The molecule has 0 aliphatic heterocycles. The number of ether oxygens (including phenoxy) is 1. The minimum absolute atomic E-state index is 0.146. The summed E-state index contributed by atoms with van der Waals surface area (Å²) in [6, 6.07) is 4.91. The van der Waals surface area contributed by atoms with Crippen LogP contribution < -0.4 is 10.1 Å². The molecular formula is C15H15ClN2O4S. The zero-order valence-corrected chi connectivity index (χ0v) is 14.3. The number of methoxy groups -OCH3 is 1. The van der Waals surface area contributed by atoms with Gasteiger partial charge in [0, 0.05) is 5.69 Å². The molecule has 2 aromatic rings. The van der Waals surface area contributed by atoms with Gasteiger partial charge in [0.05, 0.1) is 23.7 Å². The summed E-state index contributed by atoms with van der Waals surface area (Å²) in [5.41, 5.74) is 0.934. The zero-order chi connectivity index (χ0) is 17.1. The topological polar surface area (TPSA) is 88.5 Å². The highest BCUT2D eigenvalue weighted by Gasteiger charge is 2.23. The van der Waals surface area contributed by atoms with Crippen LogP contribution in [-0.4, -0.2) is 29.1 Å². The van der Waals surface area contributed by atoms with Crippen molar-refractivity contribution in [2.75, 3.05) is 12.4 Å². The zero-order valence-electron chi connectivity index (χ0n) is 12.7. The molecule has 0 saturated heterocycles. The molecular weight excluding hydrogens is 340 g/mol.